The standard InChI is InChI=1S/C18H30N5O5Si/c1-16(2,3)18(27,29(4)5)7-17(13(26)12(25)10(6-24)28-17)23-9-22-11-14(19)20-8-21-15(11)23/h8-10,12-13,24-27H,6-7H2,1-5H3,(H2,19,20,21)/t10-,12-,13-,17-,18?/m1/s1. The van der Waals surface area contributed by atoms with Gasteiger partial charge in [-0.3, -0.25) is 4.57 Å². The summed E-state index contributed by atoms with van der Waals surface area (Å²) in [7, 11) is -1.34. The van der Waals surface area contributed by atoms with Crippen molar-refractivity contribution in [1.29, 1.82) is 0 Å². The molecule has 0 amide bonds. The van der Waals surface area contributed by atoms with Crippen molar-refractivity contribution in [2.45, 2.75) is 69.5 Å². The van der Waals surface area contributed by atoms with Crippen LogP contribution in [0.15, 0.2) is 12.7 Å². The molecule has 1 fully saturated rings. The van der Waals surface area contributed by atoms with Gasteiger partial charge in [0.2, 0.25) is 0 Å². The van der Waals surface area contributed by atoms with E-state index in [4.69, 9.17) is 10.5 Å². The van der Waals surface area contributed by atoms with Crippen LogP contribution in [0.5, 0.6) is 0 Å². The predicted octanol–water partition coefficient (Wildman–Crippen LogP) is -0.365. The minimum Gasteiger partial charge on any atom is -0.394 e. The van der Waals surface area contributed by atoms with E-state index in [0.717, 1.165) is 0 Å². The molecule has 6 N–H and O–H groups in total. The number of aliphatic hydroxyl groups excluding tert-OH is 3. The molecule has 161 valence electrons. The van der Waals surface area contributed by atoms with Gasteiger partial charge >= 0.3 is 0 Å². The first kappa shape index (κ1) is 22.1. The molecule has 10 nitrogen and oxygen atoms in total. The first-order valence-electron chi connectivity index (χ1n) is 9.51. The molecule has 0 bridgehead atoms. The maximum Gasteiger partial charge on any atom is 0.179 e. The topological polar surface area (TPSA) is 160 Å². The highest BCUT2D eigenvalue weighted by molar-refractivity contribution is 6.59. The van der Waals surface area contributed by atoms with Crippen molar-refractivity contribution < 1.29 is 25.2 Å². The van der Waals surface area contributed by atoms with Crippen molar-refractivity contribution in [1.82, 2.24) is 19.5 Å². The van der Waals surface area contributed by atoms with E-state index in [1.54, 1.807) is 0 Å². The SMILES string of the molecule is C[Si](C)C(O)(C[C@@]1(n2cnc3c(N)ncnc32)O[C@H](CO)[C@@H](O)[C@H]1O)C(C)(C)C. The lowest BCUT2D eigenvalue weighted by Crippen LogP contribution is -2.60. The van der Waals surface area contributed by atoms with E-state index in [1.807, 2.05) is 33.9 Å². The van der Waals surface area contributed by atoms with Crippen molar-refractivity contribution in [3.8, 4) is 0 Å². The lowest BCUT2D eigenvalue weighted by Gasteiger charge is -2.48. The molecule has 0 saturated carbocycles. The highest BCUT2D eigenvalue weighted by Gasteiger charge is 2.61. The fourth-order valence-corrected chi connectivity index (χ4v) is 6.24. The van der Waals surface area contributed by atoms with E-state index in [2.05, 4.69) is 15.0 Å². The molecular weight excluding hydrogens is 394 g/mol. The van der Waals surface area contributed by atoms with Crippen LogP contribution in [-0.4, -0.2) is 78.9 Å². The van der Waals surface area contributed by atoms with Crippen molar-refractivity contribution in [2.24, 2.45) is 5.41 Å². The molecular formula is C18H30N5O5Si. The van der Waals surface area contributed by atoms with E-state index in [9.17, 15) is 20.4 Å². The highest BCUT2D eigenvalue weighted by Crippen LogP contribution is 2.48. The van der Waals surface area contributed by atoms with Crippen LogP contribution in [0.25, 0.3) is 11.2 Å². The lowest BCUT2D eigenvalue weighted by atomic mass is 9.81. The summed E-state index contributed by atoms with van der Waals surface area (Å²) >= 11 is 0. The molecule has 3 rings (SSSR count). The summed E-state index contributed by atoms with van der Waals surface area (Å²) < 4.78 is 7.58. The minimum absolute atomic E-state index is 0.0328. The van der Waals surface area contributed by atoms with Crippen LogP contribution in [0.3, 0.4) is 0 Å². The molecule has 0 spiro atoms. The summed E-state index contributed by atoms with van der Waals surface area (Å²) in [6.45, 7) is 9.24. The first-order valence-corrected chi connectivity index (χ1v) is 12.0. The molecule has 1 radical (unpaired) electrons. The van der Waals surface area contributed by atoms with Gasteiger partial charge in [-0.05, 0) is 5.41 Å². The average molecular weight is 425 g/mol. The molecule has 29 heavy (non-hydrogen) atoms. The molecule has 2 aromatic heterocycles. The van der Waals surface area contributed by atoms with Crippen molar-refractivity contribution in [3.63, 3.8) is 0 Å². The Morgan fingerprint density at radius 1 is 1.24 bits per heavy atom. The summed E-state index contributed by atoms with van der Waals surface area (Å²) in [4.78, 5) is 12.4. The van der Waals surface area contributed by atoms with Gasteiger partial charge in [0.25, 0.3) is 0 Å². The Balaban J connectivity index is 2.25. The molecule has 0 aliphatic carbocycles. The number of imidazole rings is 1. The maximum atomic E-state index is 11.8. The van der Waals surface area contributed by atoms with Crippen LogP contribution >= 0.6 is 0 Å². The number of fused-ring (bicyclic) bond motifs is 1. The third-order valence-electron chi connectivity index (χ3n) is 6.05. The molecule has 1 unspecified atom stereocenters. The second kappa shape index (κ2) is 7.25. The predicted molar refractivity (Wildman–Crippen MR) is 108 cm³/mol. The van der Waals surface area contributed by atoms with Crippen molar-refractivity contribution >= 4 is 25.8 Å². The number of hydrogen-bond donors (Lipinski definition) is 5. The average Bonchev–Trinajstić information content (AvgIpc) is 3.17. The van der Waals surface area contributed by atoms with Crippen LogP contribution in [0.4, 0.5) is 5.82 Å². The molecule has 1 aliphatic heterocycles. The molecule has 0 aromatic carbocycles. The Morgan fingerprint density at radius 2 is 1.90 bits per heavy atom. The Hall–Kier alpha value is -1.63. The summed E-state index contributed by atoms with van der Waals surface area (Å²) in [5.41, 5.74) is 4.38. The van der Waals surface area contributed by atoms with Crippen molar-refractivity contribution in [3.05, 3.63) is 12.7 Å². The Kier molecular flexibility index (Phi) is 5.52. The summed E-state index contributed by atoms with van der Waals surface area (Å²) in [6.07, 6.45) is -1.18. The maximum absolute atomic E-state index is 11.8. The monoisotopic (exact) mass is 424 g/mol. The fourth-order valence-electron chi connectivity index (χ4n) is 4.14. The normalized spacial score (nSPS) is 30.2. The van der Waals surface area contributed by atoms with Crippen LogP contribution < -0.4 is 5.73 Å². The van der Waals surface area contributed by atoms with Gasteiger partial charge in [0.1, 0.15) is 30.2 Å². The number of aromatic nitrogens is 4. The zero-order valence-corrected chi connectivity index (χ0v) is 18.4. The van der Waals surface area contributed by atoms with Gasteiger partial charge in [-0.25, -0.2) is 15.0 Å². The number of nitrogens with two attached hydrogens (primary N) is 1. The van der Waals surface area contributed by atoms with Crippen LogP contribution in [0.2, 0.25) is 13.1 Å². The van der Waals surface area contributed by atoms with E-state index in [-0.39, 0.29) is 12.2 Å². The second-order valence-corrected chi connectivity index (χ2v) is 11.8. The Morgan fingerprint density at radius 3 is 2.41 bits per heavy atom. The first-order chi connectivity index (χ1) is 13.4. The number of rotatable bonds is 5. The zero-order valence-electron chi connectivity index (χ0n) is 17.4. The lowest BCUT2D eigenvalue weighted by molar-refractivity contribution is -0.183. The van der Waals surface area contributed by atoms with Gasteiger partial charge in [-0.15, -0.1) is 0 Å². The third kappa shape index (κ3) is 3.25. The minimum atomic E-state index is -1.60. The quantitative estimate of drug-likeness (QED) is 0.404. The van der Waals surface area contributed by atoms with Crippen LogP contribution in [-0.2, 0) is 10.5 Å². The Bertz CT molecular complexity index is 887. The van der Waals surface area contributed by atoms with Gasteiger partial charge in [-0.1, -0.05) is 33.9 Å². The van der Waals surface area contributed by atoms with Crippen LogP contribution in [0, 0.1) is 5.41 Å². The number of aliphatic hydroxyl groups is 4. The van der Waals surface area contributed by atoms with Gasteiger partial charge in [0, 0.05) is 6.42 Å². The Labute approximate surface area is 171 Å². The molecule has 11 heteroatoms. The van der Waals surface area contributed by atoms with Gasteiger partial charge in [0.05, 0.1) is 27.0 Å². The second-order valence-electron chi connectivity index (χ2n) is 8.95. The van der Waals surface area contributed by atoms with Crippen molar-refractivity contribution in [2.75, 3.05) is 12.3 Å². The van der Waals surface area contributed by atoms with E-state index < -0.39 is 50.1 Å². The van der Waals surface area contributed by atoms with Gasteiger partial charge < -0.3 is 30.9 Å². The number of nitrogens with zero attached hydrogens (tertiary/aromatic N) is 4. The van der Waals surface area contributed by atoms with E-state index >= 15 is 0 Å². The molecule has 1 saturated heterocycles. The number of hydrogen-bond acceptors (Lipinski definition) is 9. The summed E-state index contributed by atoms with van der Waals surface area (Å²) in [5.74, 6) is 0.164. The zero-order chi connectivity index (χ0) is 21.8. The molecule has 1 aliphatic rings. The summed E-state index contributed by atoms with van der Waals surface area (Å²) in [6, 6.07) is 0. The molecule has 3 heterocycles. The highest BCUT2D eigenvalue weighted by atomic mass is 28.3. The van der Waals surface area contributed by atoms with E-state index in [1.165, 1.54) is 17.2 Å². The number of nitrogen functional groups attached to an aromatic ring is 1. The molecule has 2 aromatic rings. The third-order valence-corrected chi connectivity index (χ3v) is 8.63. The number of ether oxygens (including phenoxy) is 1. The summed E-state index contributed by atoms with van der Waals surface area (Å²) in [5, 5.41) is 41.9. The largest absolute Gasteiger partial charge is 0.394 e. The van der Waals surface area contributed by atoms with Crippen LogP contribution in [0.1, 0.15) is 27.2 Å². The number of anilines is 1. The fraction of sp³-hybridized carbons (Fsp3) is 0.722. The van der Waals surface area contributed by atoms with Gasteiger partial charge in [0.15, 0.2) is 17.2 Å². The smallest absolute Gasteiger partial charge is 0.179 e. The van der Waals surface area contributed by atoms with Gasteiger partial charge in [-0.2, -0.15) is 0 Å². The molecule has 5 atom stereocenters. The van der Waals surface area contributed by atoms with E-state index in [0.29, 0.717) is 11.2 Å².